The summed E-state index contributed by atoms with van der Waals surface area (Å²) in [6.07, 6.45) is 1.42. The van der Waals surface area contributed by atoms with Crippen LogP contribution in [0.25, 0.3) is 11.3 Å². The Morgan fingerprint density at radius 2 is 1.89 bits per heavy atom. The van der Waals surface area contributed by atoms with Gasteiger partial charge in [-0.2, -0.15) is 0 Å². The second-order valence-electron chi connectivity index (χ2n) is 5.24. The Morgan fingerprint density at radius 1 is 1.22 bits per heavy atom. The van der Waals surface area contributed by atoms with Gasteiger partial charge in [0.1, 0.15) is 11.5 Å². The van der Waals surface area contributed by atoms with Crippen LogP contribution in [0.15, 0.2) is 35.1 Å². The van der Waals surface area contributed by atoms with Crippen molar-refractivity contribution in [1.82, 2.24) is 10.3 Å². The molecular weight excluding hydrogens is 231 g/mol. The molecule has 0 spiro atoms. The first kappa shape index (κ1) is 12.8. The lowest BCUT2D eigenvalue weighted by molar-refractivity contribution is 0.421. The van der Waals surface area contributed by atoms with Gasteiger partial charge in [0.05, 0.1) is 0 Å². The van der Waals surface area contributed by atoms with Gasteiger partial charge in [-0.05, 0) is 45.0 Å². The maximum absolute atomic E-state index is 12.9. The SMILES string of the molecule is CC(C)(C)NCc1ncoc1-c1ccc(F)cc1. The fourth-order valence-corrected chi connectivity index (χ4v) is 1.58. The summed E-state index contributed by atoms with van der Waals surface area (Å²) < 4.78 is 18.3. The van der Waals surface area contributed by atoms with Gasteiger partial charge in [0.15, 0.2) is 12.2 Å². The molecule has 0 radical (unpaired) electrons. The molecule has 96 valence electrons. The Bertz CT molecular complexity index is 511. The predicted octanol–water partition coefficient (Wildman–Crippen LogP) is 3.37. The molecular formula is C14H17FN2O. The van der Waals surface area contributed by atoms with Crippen LogP contribution in [-0.2, 0) is 6.54 Å². The Balaban J connectivity index is 2.20. The van der Waals surface area contributed by atoms with Crippen molar-refractivity contribution >= 4 is 0 Å². The third-order valence-electron chi connectivity index (χ3n) is 2.53. The van der Waals surface area contributed by atoms with Crippen LogP contribution in [-0.4, -0.2) is 10.5 Å². The molecule has 1 aromatic heterocycles. The standard InChI is InChI=1S/C14H17FN2O/c1-14(2,3)17-8-12-13(18-9-16-12)10-4-6-11(15)7-5-10/h4-7,9,17H,8H2,1-3H3. The van der Waals surface area contributed by atoms with Crippen LogP contribution in [0.1, 0.15) is 26.5 Å². The van der Waals surface area contributed by atoms with E-state index in [0.29, 0.717) is 12.3 Å². The average molecular weight is 248 g/mol. The molecule has 2 rings (SSSR count). The number of nitrogens with zero attached hydrogens (tertiary/aromatic N) is 1. The maximum atomic E-state index is 12.9. The van der Waals surface area contributed by atoms with E-state index in [2.05, 4.69) is 31.1 Å². The number of hydrogen-bond acceptors (Lipinski definition) is 3. The van der Waals surface area contributed by atoms with Gasteiger partial charge in [-0.25, -0.2) is 9.37 Å². The van der Waals surface area contributed by atoms with Gasteiger partial charge < -0.3 is 9.73 Å². The molecule has 0 amide bonds. The fourth-order valence-electron chi connectivity index (χ4n) is 1.58. The van der Waals surface area contributed by atoms with Crippen molar-refractivity contribution in [2.24, 2.45) is 0 Å². The van der Waals surface area contributed by atoms with Crippen molar-refractivity contribution < 1.29 is 8.81 Å². The summed E-state index contributed by atoms with van der Waals surface area (Å²) in [6, 6.07) is 6.21. The lowest BCUT2D eigenvalue weighted by Crippen LogP contribution is -2.35. The molecule has 0 fully saturated rings. The highest BCUT2D eigenvalue weighted by Crippen LogP contribution is 2.23. The molecule has 0 aliphatic heterocycles. The van der Waals surface area contributed by atoms with E-state index in [1.54, 1.807) is 12.1 Å². The zero-order chi connectivity index (χ0) is 13.2. The van der Waals surface area contributed by atoms with Crippen LogP contribution in [0.4, 0.5) is 4.39 Å². The third-order valence-corrected chi connectivity index (χ3v) is 2.53. The van der Waals surface area contributed by atoms with Crippen molar-refractivity contribution in [2.45, 2.75) is 32.9 Å². The number of benzene rings is 1. The number of rotatable bonds is 3. The van der Waals surface area contributed by atoms with Crippen molar-refractivity contribution in [1.29, 1.82) is 0 Å². The molecule has 0 aliphatic rings. The smallest absolute Gasteiger partial charge is 0.181 e. The minimum atomic E-state index is -0.257. The van der Waals surface area contributed by atoms with E-state index in [9.17, 15) is 4.39 Å². The van der Waals surface area contributed by atoms with Crippen LogP contribution in [0.2, 0.25) is 0 Å². The van der Waals surface area contributed by atoms with Crippen molar-refractivity contribution in [3.8, 4) is 11.3 Å². The molecule has 3 nitrogen and oxygen atoms in total. The molecule has 4 heteroatoms. The highest BCUT2D eigenvalue weighted by Gasteiger charge is 2.14. The fraction of sp³-hybridized carbons (Fsp3) is 0.357. The van der Waals surface area contributed by atoms with Crippen LogP contribution in [0.5, 0.6) is 0 Å². The molecule has 18 heavy (non-hydrogen) atoms. The van der Waals surface area contributed by atoms with Crippen LogP contribution >= 0.6 is 0 Å². The van der Waals surface area contributed by atoms with Crippen LogP contribution in [0, 0.1) is 5.82 Å². The molecule has 2 aromatic rings. The average Bonchev–Trinajstić information content (AvgIpc) is 2.75. The van der Waals surface area contributed by atoms with E-state index in [1.165, 1.54) is 18.5 Å². The van der Waals surface area contributed by atoms with E-state index in [-0.39, 0.29) is 11.4 Å². The summed E-state index contributed by atoms with van der Waals surface area (Å²) in [6.45, 7) is 6.88. The van der Waals surface area contributed by atoms with Gasteiger partial charge in [-0.3, -0.25) is 0 Å². The summed E-state index contributed by atoms with van der Waals surface area (Å²) in [7, 11) is 0. The molecule has 0 saturated heterocycles. The molecule has 0 bridgehead atoms. The largest absolute Gasteiger partial charge is 0.443 e. The Morgan fingerprint density at radius 3 is 2.50 bits per heavy atom. The molecule has 0 atom stereocenters. The topological polar surface area (TPSA) is 38.1 Å². The number of aromatic nitrogens is 1. The normalized spacial score (nSPS) is 11.8. The highest BCUT2D eigenvalue weighted by molar-refractivity contribution is 5.59. The summed E-state index contributed by atoms with van der Waals surface area (Å²) in [5.41, 5.74) is 1.68. The molecule has 1 heterocycles. The first-order chi connectivity index (χ1) is 8.46. The Labute approximate surface area is 106 Å². The van der Waals surface area contributed by atoms with E-state index in [1.807, 2.05) is 0 Å². The van der Waals surface area contributed by atoms with Gasteiger partial charge in [0.2, 0.25) is 0 Å². The second kappa shape index (κ2) is 4.90. The van der Waals surface area contributed by atoms with E-state index in [0.717, 1.165) is 11.3 Å². The predicted molar refractivity (Wildman–Crippen MR) is 68.5 cm³/mol. The summed E-state index contributed by atoms with van der Waals surface area (Å²) >= 11 is 0. The quantitative estimate of drug-likeness (QED) is 0.905. The van der Waals surface area contributed by atoms with Crippen molar-refractivity contribution in [2.75, 3.05) is 0 Å². The van der Waals surface area contributed by atoms with Crippen molar-refractivity contribution in [3.63, 3.8) is 0 Å². The molecule has 0 saturated carbocycles. The minimum absolute atomic E-state index is 0.0129. The van der Waals surface area contributed by atoms with Gasteiger partial charge in [0, 0.05) is 17.6 Å². The van der Waals surface area contributed by atoms with Gasteiger partial charge in [-0.15, -0.1) is 0 Å². The summed E-state index contributed by atoms with van der Waals surface area (Å²) in [4.78, 5) is 4.20. The number of hydrogen-bond donors (Lipinski definition) is 1. The Kier molecular flexibility index (Phi) is 3.48. The first-order valence-corrected chi connectivity index (χ1v) is 5.89. The van der Waals surface area contributed by atoms with Gasteiger partial charge >= 0.3 is 0 Å². The summed E-state index contributed by atoms with van der Waals surface area (Å²) in [5.74, 6) is 0.430. The molecule has 1 aromatic carbocycles. The first-order valence-electron chi connectivity index (χ1n) is 5.89. The summed E-state index contributed by atoms with van der Waals surface area (Å²) in [5, 5.41) is 3.35. The number of nitrogens with one attached hydrogen (secondary N) is 1. The van der Waals surface area contributed by atoms with Crippen molar-refractivity contribution in [3.05, 3.63) is 42.2 Å². The molecule has 0 unspecified atom stereocenters. The van der Waals surface area contributed by atoms with E-state index < -0.39 is 0 Å². The number of halogens is 1. The highest BCUT2D eigenvalue weighted by atomic mass is 19.1. The molecule has 0 aliphatic carbocycles. The van der Waals surface area contributed by atoms with E-state index in [4.69, 9.17) is 4.42 Å². The van der Waals surface area contributed by atoms with Crippen LogP contribution in [0.3, 0.4) is 0 Å². The van der Waals surface area contributed by atoms with Gasteiger partial charge in [0.25, 0.3) is 0 Å². The minimum Gasteiger partial charge on any atom is -0.443 e. The third kappa shape index (κ3) is 3.17. The molecule has 1 N–H and O–H groups in total. The monoisotopic (exact) mass is 248 g/mol. The maximum Gasteiger partial charge on any atom is 0.181 e. The lowest BCUT2D eigenvalue weighted by atomic mass is 10.1. The van der Waals surface area contributed by atoms with Gasteiger partial charge in [-0.1, -0.05) is 0 Å². The zero-order valence-corrected chi connectivity index (χ0v) is 10.8. The van der Waals surface area contributed by atoms with E-state index >= 15 is 0 Å². The zero-order valence-electron chi connectivity index (χ0n) is 10.8. The van der Waals surface area contributed by atoms with Crippen LogP contribution < -0.4 is 5.32 Å². The lowest BCUT2D eigenvalue weighted by Gasteiger charge is -2.19. The second-order valence-corrected chi connectivity index (χ2v) is 5.24. The number of oxazole rings is 1. The Hall–Kier alpha value is -1.68.